The number of anilines is 1. The molecule has 0 spiro atoms. The predicted molar refractivity (Wildman–Crippen MR) is 118 cm³/mol. The molecule has 156 valence electrons. The summed E-state index contributed by atoms with van der Waals surface area (Å²) in [5, 5.41) is 6.34. The second kappa shape index (κ2) is 15.0. The van der Waals surface area contributed by atoms with Crippen molar-refractivity contribution >= 4 is 36.4 Å². The SMILES string of the molecule is CCN(CC)CCOc1ccc(NC(=O)CCC2CCNCC2)cc1.Cl.Cl. The van der Waals surface area contributed by atoms with Crippen molar-refractivity contribution in [1.82, 2.24) is 10.2 Å². The standard InChI is InChI=1S/C20H33N3O2.2ClH/c1-3-23(4-2)15-16-25-19-8-6-18(7-9-19)22-20(24)10-5-17-11-13-21-14-12-17;;/h6-9,17,21H,3-5,10-16H2,1-2H3,(H,22,24);2*1H. The van der Waals surface area contributed by atoms with Gasteiger partial charge in [-0.2, -0.15) is 0 Å². The van der Waals surface area contributed by atoms with E-state index >= 15 is 0 Å². The molecule has 1 fully saturated rings. The zero-order valence-corrected chi connectivity index (χ0v) is 18.2. The molecule has 5 nitrogen and oxygen atoms in total. The van der Waals surface area contributed by atoms with Gasteiger partial charge in [0.15, 0.2) is 0 Å². The molecule has 0 atom stereocenters. The number of likely N-dealkylation sites (N-methyl/N-ethyl adjacent to an activating group) is 1. The van der Waals surface area contributed by atoms with Crippen molar-refractivity contribution in [3.63, 3.8) is 0 Å². The molecule has 1 aromatic carbocycles. The van der Waals surface area contributed by atoms with Gasteiger partial charge in [0, 0.05) is 18.7 Å². The Labute approximate surface area is 176 Å². The number of hydrogen-bond donors (Lipinski definition) is 2. The molecule has 1 amide bonds. The van der Waals surface area contributed by atoms with Gasteiger partial charge in [0.1, 0.15) is 12.4 Å². The third-order valence-corrected chi connectivity index (χ3v) is 4.95. The van der Waals surface area contributed by atoms with Crippen molar-refractivity contribution in [3.8, 4) is 5.75 Å². The van der Waals surface area contributed by atoms with E-state index in [0.29, 0.717) is 18.9 Å². The van der Waals surface area contributed by atoms with E-state index in [1.165, 1.54) is 12.8 Å². The summed E-state index contributed by atoms with van der Waals surface area (Å²) in [5.41, 5.74) is 0.839. The first kappa shape index (κ1) is 26.0. The van der Waals surface area contributed by atoms with Gasteiger partial charge in [-0.25, -0.2) is 0 Å². The van der Waals surface area contributed by atoms with Crippen LogP contribution in [-0.2, 0) is 4.79 Å². The van der Waals surface area contributed by atoms with Crippen molar-refractivity contribution < 1.29 is 9.53 Å². The van der Waals surface area contributed by atoms with Gasteiger partial charge in [-0.3, -0.25) is 4.79 Å². The van der Waals surface area contributed by atoms with Gasteiger partial charge >= 0.3 is 0 Å². The molecule has 0 saturated carbocycles. The number of benzene rings is 1. The molecule has 1 aliphatic heterocycles. The number of nitrogens with zero attached hydrogens (tertiary/aromatic N) is 1. The Hall–Kier alpha value is -1.01. The predicted octanol–water partition coefficient (Wildman–Crippen LogP) is 3.97. The number of halogens is 2. The van der Waals surface area contributed by atoms with Crippen molar-refractivity contribution in [2.45, 2.75) is 39.5 Å². The molecule has 2 N–H and O–H groups in total. The molecule has 0 radical (unpaired) electrons. The molecule has 1 aliphatic rings. The zero-order valence-electron chi connectivity index (χ0n) is 16.5. The van der Waals surface area contributed by atoms with Gasteiger partial charge in [-0.15, -0.1) is 24.8 Å². The third kappa shape index (κ3) is 10.2. The lowest BCUT2D eigenvalue weighted by Crippen LogP contribution is -2.28. The molecule has 27 heavy (non-hydrogen) atoms. The fraction of sp³-hybridized carbons (Fsp3) is 0.650. The van der Waals surface area contributed by atoms with E-state index in [1.54, 1.807) is 0 Å². The molecule has 1 saturated heterocycles. The first-order chi connectivity index (χ1) is 12.2. The Bertz CT molecular complexity index is 504. The highest BCUT2D eigenvalue weighted by Crippen LogP contribution is 2.19. The average Bonchev–Trinajstić information content (AvgIpc) is 2.66. The summed E-state index contributed by atoms with van der Waals surface area (Å²) in [5.74, 6) is 1.64. The third-order valence-electron chi connectivity index (χ3n) is 4.95. The van der Waals surface area contributed by atoms with Crippen LogP contribution in [0.4, 0.5) is 5.69 Å². The van der Waals surface area contributed by atoms with Gasteiger partial charge in [0.25, 0.3) is 0 Å². The maximum absolute atomic E-state index is 12.1. The number of hydrogen-bond acceptors (Lipinski definition) is 4. The van der Waals surface area contributed by atoms with E-state index < -0.39 is 0 Å². The summed E-state index contributed by atoms with van der Waals surface area (Å²) in [4.78, 5) is 14.4. The van der Waals surface area contributed by atoms with Crippen LogP contribution in [0.3, 0.4) is 0 Å². The molecular weight excluding hydrogens is 385 g/mol. The van der Waals surface area contributed by atoms with Crippen molar-refractivity contribution in [2.75, 3.05) is 44.6 Å². The summed E-state index contributed by atoms with van der Waals surface area (Å²) < 4.78 is 5.77. The quantitative estimate of drug-likeness (QED) is 0.602. The minimum atomic E-state index is 0. The molecule has 1 heterocycles. The first-order valence-electron chi connectivity index (χ1n) is 9.67. The second-order valence-corrected chi connectivity index (χ2v) is 6.68. The van der Waals surface area contributed by atoms with E-state index in [0.717, 1.165) is 50.6 Å². The van der Waals surface area contributed by atoms with Crippen LogP contribution in [0.1, 0.15) is 39.5 Å². The Morgan fingerprint density at radius 2 is 1.78 bits per heavy atom. The minimum absolute atomic E-state index is 0. The summed E-state index contributed by atoms with van der Waals surface area (Å²) in [6.45, 7) is 10.2. The van der Waals surface area contributed by atoms with E-state index in [2.05, 4.69) is 29.4 Å². The van der Waals surface area contributed by atoms with Crippen LogP contribution in [0.5, 0.6) is 5.75 Å². The van der Waals surface area contributed by atoms with Crippen LogP contribution in [0.15, 0.2) is 24.3 Å². The Morgan fingerprint density at radius 3 is 2.37 bits per heavy atom. The Morgan fingerprint density at radius 1 is 1.15 bits per heavy atom. The Balaban J connectivity index is 0.00000338. The normalized spacial score (nSPS) is 14.2. The molecule has 2 rings (SSSR count). The van der Waals surface area contributed by atoms with Gasteiger partial charge < -0.3 is 20.3 Å². The topological polar surface area (TPSA) is 53.6 Å². The maximum atomic E-state index is 12.1. The van der Waals surface area contributed by atoms with Gasteiger partial charge in [-0.1, -0.05) is 13.8 Å². The van der Waals surface area contributed by atoms with E-state index in [1.807, 2.05) is 24.3 Å². The van der Waals surface area contributed by atoms with Crippen LogP contribution < -0.4 is 15.4 Å². The molecule has 0 aliphatic carbocycles. The zero-order chi connectivity index (χ0) is 17.9. The number of amides is 1. The summed E-state index contributed by atoms with van der Waals surface area (Å²) in [6.07, 6.45) is 3.96. The van der Waals surface area contributed by atoms with Gasteiger partial charge in [-0.05, 0) is 75.6 Å². The second-order valence-electron chi connectivity index (χ2n) is 6.68. The van der Waals surface area contributed by atoms with E-state index in [-0.39, 0.29) is 30.7 Å². The van der Waals surface area contributed by atoms with Crippen molar-refractivity contribution in [2.24, 2.45) is 5.92 Å². The van der Waals surface area contributed by atoms with Gasteiger partial charge in [0.05, 0.1) is 0 Å². The smallest absolute Gasteiger partial charge is 0.224 e. The molecule has 0 aromatic heterocycles. The largest absolute Gasteiger partial charge is 0.492 e. The summed E-state index contributed by atoms with van der Waals surface area (Å²) in [6, 6.07) is 7.67. The number of rotatable bonds is 10. The lowest BCUT2D eigenvalue weighted by Gasteiger charge is -2.22. The lowest BCUT2D eigenvalue weighted by molar-refractivity contribution is -0.116. The lowest BCUT2D eigenvalue weighted by atomic mass is 9.93. The van der Waals surface area contributed by atoms with E-state index in [9.17, 15) is 4.79 Å². The number of ether oxygens (including phenoxy) is 1. The summed E-state index contributed by atoms with van der Waals surface area (Å²) >= 11 is 0. The van der Waals surface area contributed by atoms with Crippen LogP contribution in [0, 0.1) is 5.92 Å². The summed E-state index contributed by atoms with van der Waals surface area (Å²) in [7, 11) is 0. The first-order valence-corrected chi connectivity index (χ1v) is 9.67. The fourth-order valence-electron chi connectivity index (χ4n) is 3.20. The van der Waals surface area contributed by atoms with E-state index in [4.69, 9.17) is 4.74 Å². The highest BCUT2D eigenvalue weighted by Gasteiger charge is 2.14. The number of piperidine rings is 1. The average molecular weight is 420 g/mol. The number of carbonyl (C=O) groups excluding carboxylic acids is 1. The highest BCUT2D eigenvalue weighted by atomic mass is 35.5. The maximum Gasteiger partial charge on any atom is 0.224 e. The number of nitrogens with one attached hydrogen (secondary N) is 2. The van der Waals surface area contributed by atoms with Crippen LogP contribution in [-0.4, -0.2) is 50.1 Å². The minimum Gasteiger partial charge on any atom is -0.492 e. The molecular formula is C20H35Cl2N3O2. The van der Waals surface area contributed by atoms with Crippen LogP contribution >= 0.6 is 24.8 Å². The van der Waals surface area contributed by atoms with Crippen molar-refractivity contribution in [3.05, 3.63) is 24.3 Å². The van der Waals surface area contributed by atoms with Crippen molar-refractivity contribution in [1.29, 1.82) is 0 Å². The number of carbonyl (C=O) groups is 1. The van der Waals surface area contributed by atoms with Gasteiger partial charge in [0.2, 0.25) is 5.91 Å². The molecule has 0 unspecified atom stereocenters. The van der Waals surface area contributed by atoms with Crippen LogP contribution in [0.2, 0.25) is 0 Å². The monoisotopic (exact) mass is 419 g/mol. The fourth-order valence-corrected chi connectivity index (χ4v) is 3.20. The molecule has 0 bridgehead atoms. The Kier molecular flexibility index (Phi) is 14.4. The molecule has 1 aromatic rings. The molecule has 7 heteroatoms. The highest BCUT2D eigenvalue weighted by molar-refractivity contribution is 5.90. The van der Waals surface area contributed by atoms with Crippen LogP contribution in [0.25, 0.3) is 0 Å².